The summed E-state index contributed by atoms with van der Waals surface area (Å²) in [4.78, 5) is 11.8. The van der Waals surface area contributed by atoms with E-state index in [1.54, 1.807) is 6.07 Å². The third-order valence-electron chi connectivity index (χ3n) is 2.90. The molecule has 2 rings (SSSR count). The van der Waals surface area contributed by atoms with Crippen LogP contribution < -0.4 is 10.6 Å². The molecule has 1 amide bonds. The zero-order chi connectivity index (χ0) is 12.3. The van der Waals surface area contributed by atoms with Crippen LogP contribution >= 0.6 is 15.9 Å². The van der Waals surface area contributed by atoms with Gasteiger partial charge < -0.3 is 10.6 Å². The number of benzene rings is 1. The first kappa shape index (κ1) is 12.5. The van der Waals surface area contributed by atoms with Gasteiger partial charge >= 0.3 is 0 Å². The topological polar surface area (TPSA) is 41.1 Å². The molecule has 1 aromatic rings. The van der Waals surface area contributed by atoms with Crippen LogP contribution in [0.2, 0.25) is 0 Å². The summed E-state index contributed by atoms with van der Waals surface area (Å²) in [6.07, 6.45) is 0.885. The normalized spacial score (nSPS) is 19.3. The quantitative estimate of drug-likeness (QED) is 0.894. The van der Waals surface area contributed by atoms with Crippen molar-refractivity contribution >= 4 is 21.8 Å². The number of hydrogen-bond donors (Lipinski definition) is 2. The van der Waals surface area contributed by atoms with Crippen molar-refractivity contribution in [2.75, 3.05) is 13.1 Å². The maximum atomic E-state index is 12.9. The Kier molecular flexibility index (Phi) is 4.12. The molecule has 1 saturated heterocycles. The first-order valence-electron chi connectivity index (χ1n) is 5.59. The molecule has 0 bridgehead atoms. The lowest BCUT2D eigenvalue weighted by atomic mass is 10.1. The summed E-state index contributed by atoms with van der Waals surface area (Å²) in [5, 5.41) is 6.02. The number of rotatable bonds is 3. The minimum atomic E-state index is -0.285. The molecule has 2 N–H and O–H groups in total. The van der Waals surface area contributed by atoms with E-state index in [4.69, 9.17) is 0 Å². The Balaban J connectivity index is 1.90. The van der Waals surface area contributed by atoms with Gasteiger partial charge in [0.2, 0.25) is 5.91 Å². The number of hydrogen-bond acceptors (Lipinski definition) is 2. The van der Waals surface area contributed by atoms with Crippen LogP contribution in [0.15, 0.2) is 22.7 Å². The third-order valence-corrected chi connectivity index (χ3v) is 3.64. The lowest BCUT2D eigenvalue weighted by Gasteiger charge is -2.10. The minimum Gasteiger partial charge on any atom is -0.352 e. The lowest BCUT2D eigenvalue weighted by Crippen LogP contribution is -2.31. The second-order valence-corrected chi connectivity index (χ2v) is 5.00. The van der Waals surface area contributed by atoms with Crippen LogP contribution in [0.4, 0.5) is 4.39 Å². The van der Waals surface area contributed by atoms with Gasteiger partial charge in [0.05, 0.1) is 5.92 Å². The van der Waals surface area contributed by atoms with Crippen LogP contribution in [0, 0.1) is 11.7 Å². The van der Waals surface area contributed by atoms with E-state index in [1.165, 1.54) is 12.1 Å². The number of amides is 1. The number of carbonyl (C=O) groups is 1. The zero-order valence-electron chi connectivity index (χ0n) is 9.30. The van der Waals surface area contributed by atoms with Gasteiger partial charge in [-0.2, -0.15) is 0 Å². The highest BCUT2D eigenvalue weighted by molar-refractivity contribution is 9.10. The van der Waals surface area contributed by atoms with E-state index in [9.17, 15) is 9.18 Å². The van der Waals surface area contributed by atoms with Gasteiger partial charge in [0.25, 0.3) is 0 Å². The summed E-state index contributed by atoms with van der Waals surface area (Å²) >= 11 is 3.28. The molecule has 1 aromatic carbocycles. The van der Waals surface area contributed by atoms with Crippen LogP contribution in [0.3, 0.4) is 0 Å². The molecule has 0 aliphatic carbocycles. The van der Waals surface area contributed by atoms with Crippen molar-refractivity contribution in [3.63, 3.8) is 0 Å². The zero-order valence-corrected chi connectivity index (χ0v) is 10.9. The Morgan fingerprint density at radius 3 is 3.06 bits per heavy atom. The Hall–Kier alpha value is -0.940. The Morgan fingerprint density at radius 1 is 1.59 bits per heavy atom. The average molecular weight is 301 g/mol. The van der Waals surface area contributed by atoms with Gasteiger partial charge in [0, 0.05) is 17.6 Å². The van der Waals surface area contributed by atoms with Gasteiger partial charge in [-0.3, -0.25) is 4.79 Å². The molecule has 1 heterocycles. The summed E-state index contributed by atoms with van der Waals surface area (Å²) in [7, 11) is 0. The number of carbonyl (C=O) groups excluding carboxylic acids is 1. The largest absolute Gasteiger partial charge is 0.352 e. The maximum Gasteiger partial charge on any atom is 0.224 e. The first-order valence-corrected chi connectivity index (χ1v) is 6.38. The highest BCUT2D eigenvalue weighted by Crippen LogP contribution is 2.18. The van der Waals surface area contributed by atoms with Crippen molar-refractivity contribution in [2.45, 2.75) is 13.0 Å². The van der Waals surface area contributed by atoms with Crippen molar-refractivity contribution in [1.29, 1.82) is 0 Å². The third kappa shape index (κ3) is 3.26. The SMILES string of the molecule is O=C(NCc1ccc(F)cc1Br)C1CCNC1. The highest BCUT2D eigenvalue weighted by atomic mass is 79.9. The van der Waals surface area contributed by atoms with Gasteiger partial charge in [-0.25, -0.2) is 4.39 Å². The second kappa shape index (κ2) is 5.60. The van der Waals surface area contributed by atoms with E-state index < -0.39 is 0 Å². The smallest absolute Gasteiger partial charge is 0.224 e. The van der Waals surface area contributed by atoms with E-state index in [1.807, 2.05) is 0 Å². The fourth-order valence-corrected chi connectivity index (χ4v) is 2.36. The Morgan fingerprint density at radius 2 is 2.41 bits per heavy atom. The van der Waals surface area contributed by atoms with Crippen molar-refractivity contribution in [3.8, 4) is 0 Å². The molecule has 92 valence electrons. The van der Waals surface area contributed by atoms with Crippen LogP contribution in [0.25, 0.3) is 0 Å². The molecular formula is C12H14BrFN2O. The van der Waals surface area contributed by atoms with Crippen LogP contribution in [0.1, 0.15) is 12.0 Å². The standard InChI is InChI=1S/C12H14BrFN2O/c13-11-5-10(14)2-1-8(11)7-16-12(17)9-3-4-15-6-9/h1-2,5,9,15H,3-4,6-7H2,(H,16,17). The minimum absolute atomic E-state index is 0.0613. The van der Waals surface area contributed by atoms with Gasteiger partial charge in [0.15, 0.2) is 0 Å². The maximum absolute atomic E-state index is 12.9. The molecule has 0 spiro atoms. The van der Waals surface area contributed by atoms with Gasteiger partial charge in [-0.1, -0.05) is 22.0 Å². The Labute approximate surface area is 108 Å². The fraction of sp³-hybridized carbons (Fsp3) is 0.417. The molecule has 5 heteroatoms. The second-order valence-electron chi connectivity index (χ2n) is 4.14. The molecule has 0 aromatic heterocycles. The first-order chi connectivity index (χ1) is 8.16. The van der Waals surface area contributed by atoms with Crippen molar-refractivity contribution in [1.82, 2.24) is 10.6 Å². The fourth-order valence-electron chi connectivity index (χ4n) is 1.87. The summed E-state index contributed by atoms with van der Waals surface area (Å²) in [5.74, 6) is -0.160. The van der Waals surface area contributed by atoms with Crippen molar-refractivity contribution in [2.24, 2.45) is 5.92 Å². The van der Waals surface area contributed by atoms with Gasteiger partial charge in [-0.15, -0.1) is 0 Å². The summed E-state index contributed by atoms with van der Waals surface area (Å²) in [6.45, 7) is 2.07. The monoisotopic (exact) mass is 300 g/mol. The van der Waals surface area contributed by atoms with Crippen molar-refractivity contribution < 1.29 is 9.18 Å². The molecule has 1 unspecified atom stereocenters. The predicted octanol–water partition coefficient (Wildman–Crippen LogP) is 1.81. The van der Waals surface area contributed by atoms with Gasteiger partial charge in [0.1, 0.15) is 5.82 Å². The molecule has 0 saturated carbocycles. The van der Waals surface area contributed by atoms with E-state index in [-0.39, 0.29) is 17.6 Å². The van der Waals surface area contributed by atoms with Crippen molar-refractivity contribution in [3.05, 3.63) is 34.1 Å². The highest BCUT2D eigenvalue weighted by Gasteiger charge is 2.21. The molecule has 1 aliphatic rings. The molecule has 0 radical (unpaired) electrons. The average Bonchev–Trinajstić information content (AvgIpc) is 2.81. The van der Waals surface area contributed by atoms with Gasteiger partial charge in [-0.05, 0) is 30.7 Å². The number of nitrogens with one attached hydrogen (secondary N) is 2. The molecule has 17 heavy (non-hydrogen) atoms. The van der Waals surface area contributed by atoms with Crippen LogP contribution in [-0.2, 0) is 11.3 Å². The molecule has 1 aliphatic heterocycles. The van der Waals surface area contributed by atoms with E-state index in [0.29, 0.717) is 11.0 Å². The predicted molar refractivity (Wildman–Crippen MR) is 66.9 cm³/mol. The number of halogens is 2. The molecule has 3 nitrogen and oxygen atoms in total. The molecule has 1 fully saturated rings. The van der Waals surface area contributed by atoms with Crippen LogP contribution in [-0.4, -0.2) is 19.0 Å². The summed E-state index contributed by atoms with van der Waals surface area (Å²) < 4.78 is 13.5. The summed E-state index contributed by atoms with van der Waals surface area (Å²) in [6, 6.07) is 4.47. The lowest BCUT2D eigenvalue weighted by molar-refractivity contribution is -0.124. The Bertz CT molecular complexity index is 419. The van der Waals surface area contributed by atoms with E-state index in [2.05, 4.69) is 26.6 Å². The molecule has 1 atom stereocenters. The van der Waals surface area contributed by atoms with E-state index in [0.717, 1.165) is 25.1 Å². The van der Waals surface area contributed by atoms with Crippen LogP contribution in [0.5, 0.6) is 0 Å². The van der Waals surface area contributed by atoms with E-state index >= 15 is 0 Å². The molecular weight excluding hydrogens is 287 g/mol. The summed E-state index contributed by atoms with van der Waals surface area (Å²) in [5.41, 5.74) is 0.880.